The number of alkyl carbamates (subject to hydrolysis) is 1. The quantitative estimate of drug-likeness (QED) is 0.195. The van der Waals surface area contributed by atoms with E-state index in [9.17, 15) is 19.5 Å². The van der Waals surface area contributed by atoms with E-state index in [1.165, 1.54) is 0 Å². The van der Waals surface area contributed by atoms with Crippen LogP contribution in [-0.4, -0.2) is 41.1 Å². The zero-order valence-electron chi connectivity index (χ0n) is 22.6. The van der Waals surface area contributed by atoms with Gasteiger partial charge < -0.3 is 25.8 Å². The van der Waals surface area contributed by atoms with E-state index < -0.39 is 36.0 Å². The second-order valence-corrected chi connectivity index (χ2v) is 9.95. The van der Waals surface area contributed by atoms with Gasteiger partial charge in [0, 0.05) is 0 Å². The molecular weight excluding hydrogens is 474 g/mol. The molecule has 37 heavy (non-hydrogen) atoms. The monoisotopic (exact) mass is 516 g/mol. The molecule has 10 nitrogen and oxygen atoms in total. The van der Waals surface area contributed by atoms with Crippen molar-refractivity contribution in [2.45, 2.75) is 91.5 Å². The van der Waals surface area contributed by atoms with Crippen molar-refractivity contribution in [2.75, 3.05) is 0 Å². The lowest BCUT2D eigenvalue weighted by atomic mass is 9.99. The van der Waals surface area contributed by atoms with Gasteiger partial charge in [-0.3, -0.25) is 9.59 Å². The van der Waals surface area contributed by atoms with Crippen molar-refractivity contribution in [3.05, 3.63) is 52.8 Å². The molecule has 0 saturated heterocycles. The second-order valence-electron chi connectivity index (χ2n) is 9.95. The number of amides is 3. The minimum absolute atomic E-state index is 0.0668. The van der Waals surface area contributed by atoms with Gasteiger partial charge in [0.15, 0.2) is 4.98 Å². The average molecular weight is 517 g/mol. The molecular formula is C27H42N5O5+. The maximum atomic E-state index is 13.2. The summed E-state index contributed by atoms with van der Waals surface area (Å²) >= 11 is 0. The standard InChI is InChI=1S/C27H41N5O5/c1-6-7-13-21(24(33)16-29-28)30-25(34)22(14-18(2)3)31-26(35)23(15-19(4)5)32-27(36)37-17-20-11-9-8-10-12-20/h8-12,16,18-19,21-23H,6-7,13-15,17H2,1-5H3,(H3-,30,31,32,33,34,35,36)/p+1/b24-16+/t21-,22-,23-/m0/s1. The fraction of sp³-hybridized carbons (Fsp3) is 0.593. The zero-order chi connectivity index (χ0) is 27.8. The van der Waals surface area contributed by atoms with Gasteiger partial charge in [0.05, 0.1) is 6.04 Å². The Morgan fingerprint density at radius 3 is 2.00 bits per heavy atom. The van der Waals surface area contributed by atoms with E-state index in [4.69, 9.17) is 10.1 Å². The number of ether oxygens (including phenoxy) is 1. The van der Waals surface area contributed by atoms with Gasteiger partial charge in [-0.2, -0.15) is 0 Å². The fourth-order valence-corrected chi connectivity index (χ4v) is 3.71. The summed E-state index contributed by atoms with van der Waals surface area (Å²) in [6, 6.07) is 6.65. The third kappa shape index (κ3) is 12.8. The van der Waals surface area contributed by atoms with Crippen LogP contribution in [0.4, 0.5) is 4.79 Å². The summed E-state index contributed by atoms with van der Waals surface area (Å²) in [6.45, 7) is 9.74. The predicted molar refractivity (Wildman–Crippen MR) is 142 cm³/mol. The number of unbranched alkanes of at least 4 members (excludes halogenated alkanes) is 1. The van der Waals surface area contributed by atoms with E-state index >= 15 is 0 Å². The molecule has 0 aliphatic heterocycles. The Bertz CT molecular complexity index is 927. The number of diazo groups is 1. The minimum Gasteiger partial charge on any atom is -0.504 e. The number of rotatable bonds is 15. The van der Waals surface area contributed by atoms with Crippen LogP contribution in [0.25, 0.3) is 4.98 Å². The van der Waals surface area contributed by atoms with E-state index in [1.807, 2.05) is 65.0 Å². The van der Waals surface area contributed by atoms with Crippen LogP contribution in [0.15, 0.2) is 42.3 Å². The van der Waals surface area contributed by atoms with Gasteiger partial charge in [-0.05, 0) is 36.7 Å². The van der Waals surface area contributed by atoms with Crippen molar-refractivity contribution in [3.63, 3.8) is 0 Å². The summed E-state index contributed by atoms with van der Waals surface area (Å²) < 4.78 is 5.27. The summed E-state index contributed by atoms with van der Waals surface area (Å²) in [5.74, 6) is -1.09. The number of aliphatic hydroxyl groups is 1. The summed E-state index contributed by atoms with van der Waals surface area (Å²) in [6.07, 6.45) is 2.85. The van der Waals surface area contributed by atoms with Crippen LogP contribution in [0.3, 0.4) is 0 Å². The van der Waals surface area contributed by atoms with E-state index in [-0.39, 0.29) is 24.2 Å². The molecule has 0 fully saturated rings. The van der Waals surface area contributed by atoms with Gasteiger partial charge in [-0.1, -0.05) is 77.8 Å². The third-order valence-corrected chi connectivity index (χ3v) is 5.58. The van der Waals surface area contributed by atoms with Crippen LogP contribution in [-0.2, 0) is 20.9 Å². The van der Waals surface area contributed by atoms with Gasteiger partial charge in [0.2, 0.25) is 23.0 Å². The third-order valence-electron chi connectivity index (χ3n) is 5.58. The Hall–Kier alpha value is -3.61. The molecule has 0 heterocycles. The Morgan fingerprint density at radius 2 is 1.49 bits per heavy atom. The SMILES string of the molecule is CCCC[C@H](NC(=O)[C@H](CC(C)C)NC(=O)[C@H](CC(C)C)NC(=O)OCc1ccccc1)/C(O)=C\[N+]#N. The van der Waals surface area contributed by atoms with Crippen molar-refractivity contribution in [1.82, 2.24) is 16.0 Å². The van der Waals surface area contributed by atoms with Crippen LogP contribution >= 0.6 is 0 Å². The summed E-state index contributed by atoms with van der Waals surface area (Å²) in [4.78, 5) is 41.6. The highest BCUT2D eigenvalue weighted by molar-refractivity contribution is 5.91. The number of carbonyl (C=O) groups excluding carboxylic acids is 3. The summed E-state index contributed by atoms with van der Waals surface area (Å²) in [5.41, 5.74) is 0.820. The molecule has 0 aromatic heterocycles. The molecule has 0 aliphatic carbocycles. The fourth-order valence-electron chi connectivity index (χ4n) is 3.71. The Labute approximate surface area is 219 Å². The minimum atomic E-state index is -0.900. The first kappa shape index (κ1) is 31.4. The largest absolute Gasteiger partial charge is 0.504 e. The molecule has 0 saturated carbocycles. The lowest BCUT2D eigenvalue weighted by Crippen LogP contribution is -2.55. The Balaban J connectivity index is 2.94. The number of aliphatic hydroxyl groups excluding tert-OH is 1. The van der Waals surface area contributed by atoms with Crippen molar-refractivity contribution in [3.8, 4) is 0 Å². The molecule has 3 atom stereocenters. The maximum absolute atomic E-state index is 13.2. The molecule has 1 aromatic rings. The van der Waals surface area contributed by atoms with Crippen LogP contribution in [0.5, 0.6) is 0 Å². The lowest BCUT2D eigenvalue weighted by Gasteiger charge is -2.26. The smallest absolute Gasteiger partial charge is 0.408 e. The van der Waals surface area contributed by atoms with Crippen LogP contribution < -0.4 is 16.0 Å². The average Bonchev–Trinajstić information content (AvgIpc) is 2.84. The van der Waals surface area contributed by atoms with Gasteiger partial charge >= 0.3 is 12.3 Å². The topological polar surface area (TPSA) is 145 Å². The molecule has 0 radical (unpaired) electrons. The number of carbonyl (C=O) groups is 3. The van der Waals surface area contributed by atoms with Crippen LogP contribution in [0.2, 0.25) is 0 Å². The van der Waals surface area contributed by atoms with Gasteiger partial charge in [-0.15, -0.1) is 0 Å². The first-order valence-corrected chi connectivity index (χ1v) is 12.9. The molecule has 3 amide bonds. The number of nitrogens with one attached hydrogen (secondary N) is 3. The molecule has 0 bridgehead atoms. The van der Waals surface area contributed by atoms with Crippen molar-refractivity contribution in [1.29, 1.82) is 5.39 Å². The predicted octanol–water partition coefficient (Wildman–Crippen LogP) is 4.79. The number of hydrogen-bond donors (Lipinski definition) is 4. The van der Waals surface area contributed by atoms with E-state index in [1.54, 1.807) is 0 Å². The lowest BCUT2D eigenvalue weighted by molar-refractivity contribution is -0.131. The van der Waals surface area contributed by atoms with Crippen molar-refractivity contribution >= 4 is 17.9 Å². The van der Waals surface area contributed by atoms with Crippen LogP contribution in [0, 0.1) is 17.2 Å². The number of nitrogens with zero attached hydrogens (tertiary/aromatic N) is 2. The summed E-state index contributed by atoms with van der Waals surface area (Å²) in [7, 11) is 0. The normalized spacial score (nSPS) is 13.8. The first-order chi connectivity index (χ1) is 17.6. The molecule has 10 heteroatoms. The van der Waals surface area contributed by atoms with Gasteiger partial charge in [0.1, 0.15) is 18.7 Å². The first-order valence-electron chi connectivity index (χ1n) is 12.9. The van der Waals surface area contributed by atoms with E-state index in [0.717, 1.165) is 24.6 Å². The molecule has 204 valence electrons. The van der Waals surface area contributed by atoms with E-state index in [0.29, 0.717) is 19.3 Å². The van der Waals surface area contributed by atoms with Gasteiger partial charge in [-0.25, -0.2) is 4.79 Å². The molecule has 0 aliphatic rings. The highest BCUT2D eigenvalue weighted by Gasteiger charge is 2.30. The second kappa shape index (κ2) is 17.0. The highest BCUT2D eigenvalue weighted by atomic mass is 16.5. The molecule has 1 rings (SSSR count). The molecule has 0 spiro atoms. The van der Waals surface area contributed by atoms with Crippen LogP contribution in [0.1, 0.15) is 72.3 Å². The summed E-state index contributed by atoms with van der Waals surface area (Å²) in [5, 5.41) is 27.1. The van der Waals surface area contributed by atoms with E-state index in [2.05, 4.69) is 20.9 Å². The molecule has 0 unspecified atom stereocenters. The maximum Gasteiger partial charge on any atom is 0.408 e. The molecule has 4 N–H and O–H groups in total. The highest BCUT2D eigenvalue weighted by Crippen LogP contribution is 2.13. The Morgan fingerprint density at radius 1 is 0.946 bits per heavy atom. The number of hydrogen-bond acceptors (Lipinski definition) is 6. The van der Waals surface area contributed by atoms with Crippen molar-refractivity contribution in [2.24, 2.45) is 11.8 Å². The number of benzene rings is 1. The van der Waals surface area contributed by atoms with Gasteiger partial charge in [0.25, 0.3) is 0 Å². The Kier molecular flexibility index (Phi) is 14.4. The molecule has 1 aromatic carbocycles. The zero-order valence-corrected chi connectivity index (χ0v) is 22.6. The van der Waals surface area contributed by atoms with Crippen molar-refractivity contribution < 1.29 is 24.2 Å².